The van der Waals surface area contributed by atoms with Crippen molar-refractivity contribution >= 4 is 17.5 Å². The predicted molar refractivity (Wildman–Crippen MR) is 72.8 cm³/mol. The molecular weight excluding hydrogens is 252 g/mol. The first-order valence-corrected chi connectivity index (χ1v) is 6.13. The van der Waals surface area contributed by atoms with Gasteiger partial charge in [-0.25, -0.2) is 0 Å². The van der Waals surface area contributed by atoms with Gasteiger partial charge < -0.3 is 15.4 Å². The maximum Gasteiger partial charge on any atom is 0.262 e. The number of ether oxygens (including phenoxy) is 1. The Hall–Kier alpha value is -1.26. The summed E-state index contributed by atoms with van der Waals surface area (Å²) < 4.78 is 5.66. The molecule has 0 bridgehead atoms. The number of nitrogens with two attached hydrogens (primary N) is 1. The van der Waals surface area contributed by atoms with Crippen molar-refractivity contribution in [3.63, 3.8) is 0 Å². The second kappa shape index (κ2) is 6.07. The Morgan fingerprint density at radius 3 is 2.50 bits per heavy atom. The van der Waals surface area contributed by atoms with E-state index in [1.54, 1.807) is 39.2 Å². The average molecular weight is 271 g/mol. The van der Waals surface area contributed by atoms with E-state index in [9.17, 15) is 4.79 Å². The SMILES string of the molecule is CC(Oc1ccc(Cl)cc1C(C)N)C(=O)N(C)C. The Morgan fingerprint density at radius 2 is 2.00 bits per heavy atom. The number of hydrogen-bond acceptors (Lipinski definition) is 3. The van der Waals surface area contributed by atoms with E-state index >= 15 is 0 Å². The molecule has 0 saturated heterocycles. The molecule has 0 heterocycles. The molecule has 0 fully saturated rings. The number of nitrogens with zero attached hydrogens (tertiary/aromatic N) is 1. The third-order valence-electron chi connectivity index (χ3n) is 2.55. The lowest BCUT2D eigenvalue weighted by Crippen LogP contribution is -2.35. The van der Waals surface area contributed by atoms with Crippen molar-refractivity contribution in [3.05, 3.63) is 28.8 Å². The highest BCUT2D eigenvalue weighted by molar-refractivity contribution is 6.30. The van der Waals surface area contributed by atoms with Gasteiger partial charge in [-0.2, -0.15) is 0 Å². The molecule has 100 valence electrons. The van der Waals surface area contributed by atoms with Crippen molar-refractivity contribution in [1.82, 2.24) is 4.90 Å². The number of carbonyl (C=O) groups is 1. The maximum atomic E-state index is 11.7. The summed E-state index contributed by atoms with van der Waals surface area (Å²) in [6, 6.07) is 5.00. The molecule has 1 aromatic rings. The van der Waals surface area contributed by atoms with Gasteiger partial charge in [0.05, 0.1) is 0 Å². The minimum atomic E-state index is -0.557. The predicted octanol–water partition coefficient (Wildman–Crippen LogP) is 2.22. The number of hydrogen-bond donors (Lipinski definition) is 1. The van der Waals surface area contributed by atoms with Crippen LogP contribution in [0.5, 0.6) is 5.75 Å². The van der Waals surface area contributed by atoms with Crippen LogP contribution in [0, 0.1) is 0 Å². The molecule has 0 aliphatic heterocycles. The van der Waals surface area contributed by atoms with Gasteiger partial charge in [-0.1, -0.05) is 11.6 Å². The topological polar surface area (TPSA) is 55.6 Å². The van der Waals surface area contributed by atoms with Crippen LogP contribution in [-0.4, -0.2) is 31.0 Å². The molecule has 5 heteroatoms. The summed E-state index contributed by atoms with van der Waals surface area (Å²) in [6.07, 6.45) is -0.557. The van der Waals surface area contributed by atoms with E-state index in [0.717, 1.165) is 5.56 Å². The molecule has 0 saturated carbocycles. The largest absolute Gasteiger partial charge is 0.481 e. The van der Waals surface area contributed by atoms with Gasteiger partial charge in [0.1, 0.15) is 5.75 Å². The lowest BCUT2D eigenvalue weighted by atomic mass is 10.1. The molecule has 2 N–H and O–H groups in total. The van der Waals surface area contributed by atoms with Gasteiger partial charge in [0.2, 0.25) is 0 Å². The molecule has 2 atom stereocenters. The first kappa shape index (κ1) is 14.8. The van der Waals surface area contributed by atoms with Crippen molar-refractivity contribution in [2.24, 2.45) is 5.73 Å². The maximum absolute atomic E-state index is 11.7. The van der Waals surface area contributed by atoms with E-state index in [2.05, 4.69) is 0 Å². The number of carbonyl (C=O) groups excluding carboxylic acids is 1. The minimum absolute atomic E-state index is 0.0967. The number of rotatable bonds is 4. The van der Waals surface area contributed by atoms with Gasteiger partial charge in [0, 0.05) is 30.7 Å². The van der Waals surface area contributed by atoms with Gasteiger partial charge >= 0.3 is 0 Å². The number of amides is 1. The summed E-state index contributed by atoms with van der Waals surface area (Å²) >= 11 is 5.92. The Kier molecular flexibility index (Phi) is 4.99. The van der Waals surface area contributed by atoms with Crippen molar-refractivity contribution in [1.29, 1.82) is 0 Å². The van der Waals surface area contributed by atoms with Crippen LogP contribution in [0.25, 0.3) is 0 Å². The zero-order valence-corrected chi connectivity index (χ0v) is 11.9. The molecule has 0 radical (unpaired) electrons. The highest BCUT2D eigenvalue weighted by Gasteiger charge is 2.19. The van der Waals surface area contributed by atoms with E-state index in [1.165, 1.54) is 4.90 Å². The van der Waals surface area contributed by atoms with Crippen LogP contribution in [0.15, 0.2) is 18.2 Å². The van der Waals surface area contributed by atoms with Crippen LogP contribution < -0.4 is 10.5 Å². The Morgan fingerprint density at radius 1 is 1.39 bits per heavy atom. The molecule has 0 spiro atoms. The van der Waals surface area contributed by atoms with Crippen molar-refractivity contribution < 1.29 is 9.53 Å². The smallest absolute Gasteiger partial charge is 0.262 e. The van der Waals surface area contributed by atoms with Crippen LogP contribution in [0.4, 0.5) is 0 Å². The molecule has 18 heavy (non-hydrogen) atoms. The molecule has 0 aliphatic rings. The van der Waals surface area contributed by atoms with Crippen molar-refractivity contribution in [3.8, 4) is 5.75 Å². The summed E-state index contributed by atoms with van der Waals surface area (Å²) in [6.45, 7) is 3.55. The molecular formula is C13H19ClN2O2. The van der Waals surface area contributed by atoms with Gasteiger partial charge in [-0.15, -0.1) is 0 Å². The molecule has 0 aliphatic carbocycles. The van der Waals surface area contributed by atoms with E-state index in [0.29, 0.717) is 10.8 Å². The van der Waals surface area contributed by atoms with Crippen LogP contribution in [0.2, 0.25) is 5.02 Å². The molecule has 2 unspecified atom stereocenters. The van der Waals surface area contributed by atoms with Gasteiger partial charge in [-0.3, -0.25) is 4.79 Å². The van der Waals surface area contributed by atoms with Gasteiger partial charge in [-0.05, 0) is 32.0 Å². The Labute approximate surface area is 113 Å². The quantitative estimate of drug-likeness (QED) is 0.913. The van der Waals surface area contributed by atoms with E-state index in [-0.39, 0.29) is 11.9 Å². The minimum Gasteiger partial charge on any atom is -0.481 e. The number of benzene rings is 1. The van der Waals surface area contributed by atoms with Crippen LogP contribution >= 0.6 is 11.6 Å². The molecule has 4 nitrogen and oxygen atoms in total. The Balaban J connectivity index is 2.94. The van der Waals surface area contributed by atoms with Crippen LogP contribution in [-0.2, 0) is 4.79 Å². The second-order valence-electron chi connectivity index (χ2n) is 4.46. The molecule has 0 aromatic heterocycles. The standard InChI is InChI=1S/C13H19ClN2O2/c1-8(15)11-7-10(14)5-6-12(11)18-9(2)13(17)16(3)4/h5-9H,15H2,1-4H3. The fraction of sp³-hybridized carbons (Fsp3) is 0.462. The third kappa shape index (κ3) is 3.62. The average Bonchev–Trinajstić information content (AvgIpc) is 2.29. The first-order chi connectivity index (χ1) is 8.32. The zero-order valence-electron chi connectivity index (χ0n) is 11.1. The molecule has 1 aromatic carbocycles. The summed E-state index contributed by atoms with van der Waals surface area (Å²) in [5.74, 6) is 0.498. The van der Waals surface area contributed by atoms with Gasteiger partial charge in [0.15, 0.2) is 6.10 Å². The van der Waals surface area contributed by atoms with E-state index in [1.807, 2.05) is 6.92 Å². The fourth-order valence-electron chi connectivity index (χ4n) is 1.59. The van der Waals surface area contributed by atoms with Crippen molar-refractivity contribution in [2.45, 2.75) is 26.0 Å². The highest BCUT2D eigenvalue weighted by Crippen LogP contribution is 2.28. The Bertz CT molecular complexity index is 433. The number of halogens is 1. The van der Waals surface area contributed by atoms with E-state index < -0.39 is 6.10 Å². The van der Waals surface area contributed by atoms with Crippen molar-refractivity contribution in [2.75, 3.05) is 14.1 Å². The molecule has 1 amide bonds. The van der Waals surface area contributed by atoms with Crippen LogP contribution in [0.1, 0.15) is 25.5 Å². The summed E-state index contributed by atoms with van der Waals surface area (Å²) in [5, 5.41) is 0.598. The lowest BCUT2D eigenvalue weighted by Gasteiger charge is -2.21. The fourth-order valence-corrected chi connectivity index (χ4v) is 1.77. The third-order valence-corrected chi connectivity index (χ3v) is 2.79. The summed E-state index contributed by atoms with van der Waals surface area (Å²) in [5.41, 5.74) is 6.65. The van der Waals surface area contributed by atoms with Crippen LogP contribution in [0.3, 0.4) is 0 Å². The first-order valence-electron chi connectivity index (χ1n) is 5.75. The van der Waals surface area contributed by atoms with Gasteiger partial charge in [0.25, 0.3) is 5.91 Å². The normalized spacial score (nSPS) is 13.9. The second-order valence-corrected chi connectivity index (χ2v) is 4.90. The monoisotopic (exact) mass is 270 g/mol. The van der Waals surface area contributed by atoms with E-state index in [4.69, 9.17) is 22.1 Å². The zero-order chi connectivity index (χ0) is 13.9. The molecule has 1 rings (SSSR count). The summed E-state index contributed by atoms with van der Waals surface area (Å²) in [7, 11) is 3.38. The highest BCUT2D eigenvalue weighted by atomic mass is 35.5. The lowest BCUT2D eigenvalue weighted by molar-refractivity contribution is -0.135. The summed E-state index contributed by atoms with van der Waals surface area (Å²) in [4.78, 5) is 13.2. The number of likely N-dealkylation sites (N-methyl/N-ethyl adjacent to an activating group) is 1.